The second-order valence-corrected chi connectivity index (χ2v) is 7.33. The Morgan fingerprint density at radius 1 is 1.20 bits per heavy atom. The summed E-state index contributed by atoms with van der Waals surface area (Å²) in [5, 5.41) is 14.0. The number of esters is 2. The van der Waals surface area contributed by atoms with Gasteiger partial charge in [0.15, 0.2) is 5.41 Å². The van der Waals surface area contributed by atoms with Gasteiger partial charge in [0.05, 0.1) is 25.5 Å². The summed E-state index contributed by atoms with van der Waals surface area (Å²) in [6.45, 7) is 8.01. The summed E-state index contributed by atoms with van der Waals surface area (Å²) in [7, 11) is 1.13. The van der Waals surface area contributed by atoms with E-state index in [4.69, 9.17) is 14.2 Å². The first kappa shape index (κ1) is 24.6. The molecular formula is C21H27N3O6. The van der Waals surface area contributed by atoms with Gasteiger partial charge in [0.25, 0.3) is 0 Å². The average Bonchev–Trinajstić information content (AvgIpc) is 2.69. The van der Waals surface area contributed by atoms with Gasteiger partial charge in [0.1, 0.15) is 11.5 Å². The van der Waals surface area contributed by atoms with Crippen molar-refractivity contribution >= 4 is 23.7 Å². The zero-order chi connectivity index (χ0) is 22.9. The van der Waals surface area contributed by atoms with E-state index in [1.807, 2.05) is 6.07 Å². The summed E-state index contributed by atoms with van der Waals surface area (Å²) in [4.78, 5) is 37.6. The summed E-state index contributed by atoms with van der Waals surface area (Å²) < 4.78 is 15.1. The number of nitriles is 1. The number of rotatable bonds is 7. The van der Waals surface area contributed by atoms with Crippen LogP contribution in [0.2, 0.25) is 0 Å². The SMILES string of the molecule is CCOC(=O)C(C#N)(c1ccccc1)C(C(=O)OC)/C(C)=N/NC(=O)OC(C)(C)C. The van der Waals surface area contributed by atoms with Crippen molar-refractivity contribution in [2.45, 2.75) is 45.6 Å². The molecule has 9 nitrogen and oxygen atoms in total. The number of benzene rings is 1. The Kier molecular flexibility index (Phi) is 8.53. The van der Waals surface area contributed by atoms with E-state index in [2.05, 4.69) is 10.5 Å². The number of carbonyl (C=O) groups excluding carboxylic acids is 3. The van der Waals surface area contributed by atoms with Crippen LogP contribution in [0.25, 0.3) is 0 Å². The number of hydrazone groups is 1. The van der Waals surface area contributed by atoms with Gasteiger partial charge < -0.3 is 14.2 Å². The van der Waals surface area contributed by atoms with E-state index in [-0.39, 0.29) is 17.9 Å². The molecule has 1 aromatic carbocycles. The molecule has 2 unspecified atom stereocenters. The number of amides is 1. The number of carbonyl (C=O) groups is 3. The van der Waals surface area contributed by atoms with Gasteiger partial charge in [0.2, 0.25) is 0 Å². The van der Waals surface area contributed by atoms with Crippen LogP contribution in [-0.2, 0) is 29.2 Å². The van der Waals surface area contributed by atoms with Crippen molar-refractivity contribution in [3.63, 3.8) is 0 Å². The Balaban J connectivity index is 3.54. The van der Waals surface area contributed by atoms with Crippen LogP contribution in [0.15, 0.2) is 35.4 Å². The van der Waals surface area contributed by atoms with Crippen LogP contribution >= 0.6 is 0 Å². The molecule has 0 spiro atoms. The monoisotopic (exact) mass is 417 g/mol. The van der Waals surface area contributed by atoms with Crippen molar-refractivity contribution in [1.29, 1.82) is 5.26 Å². The molecule has 0 fully saturated rings. The number of nitrogens with one attached hydrogen (secondary N) is 1. The van der Waals surface area contributed by atoms with Crippen LogP contribution in [0.1, 0.15) is 40.2 Å². The van der Waals surface area contributed by atoms with E-state index in [1.165, 1.54) is 19.1 Å². The van der Waals surface area contributed by atoms with Crippen molar-refractivity contribution < 1.29 is 28.6 Å². The predicted molar refractivity (Wildman–Crippen MR) is 108 cm³/mol. The fourth-order valence-electron chi connectivity index (χ4n) is 2.80. The van der Waals surface area contributed by atoms with Gasteiger partial charge in [-0.25, -0.2) is 15.0 Å². The fourth-order valence-corrected chi connectivity index (χ4v) is 2.80. The summed E-state index contributed by atoms with van der Waals surface area (Å²) in [5.74, 6) is -3.30. The van der Waals surface area contributed by atoms with Crippen LogP contribution < -0.4 is 5.43 Å². The Morgan fingerprint density at radius 3 is 2.27 bits per heavy atom. The minimum absolute atomic E-state index is 0.00462. The first-order valence-corrected chi connectivity index (χ1v) is 9.28. The minimum atomic E-state index is -2.08. The maximum Gasteiger partial charge on any atom is 0.428 e. The van der Waals surface area contributed by atoms with Crippen molar-refractivity contribution in [2.75, 3.05) is 13.7 Å². The van der Waals surface area contributed by atoms with Crippen molar-refractivity contribution in [3.8, 4) is 6.07 Å². The first-order valence-electron chi connectivity index (χ1n) is 9.28. The van der Waals surface area contributed by atoms with Gasteiger partial charge in [-0.15, -0.1) is 0 Å². The molecule has 9 heteroatoms. The molecule has 162 valence electrons. The fraction of sp³-hybridized carbons (Fsp3) is 0.476. The number of ether oxygens (including phenoxy) is 3. The molecule has 0 saturated heterocycles. The van der Waals surface area contributed by atoms with Crippen LogP contribution in [0.3, 0.4) is 0 Å². The molecule has 1 amide bonds. The highest BCUT2D eigenvalue weighted by molar-refractivity contribution is 6.09. The van der Waals surface area contributed by atoms with Gasteiger partial charge in [-0.1, -0.05) is 30.3 Å². The molecule has 0 aliphatic carbocycles. The molecule has 1 N–H and O–H groups in total. The van der Waals surface area contributed by atoms with E-state index in [0.29, 0.717) is 0 Å². The summed E-state index contributed by atoms with van der Waals surface area (Å²) in [5.41, 5.74) is -0.471. The molecule has 0 bridgehead atoms. The molecule has 0 saturated carbocycles. The third-order valence-electron chi connectivity index (χ3n) is 4.01. The zero-order valence-corrected chi connectivity index (χ0v) is 18.0. The van der Waals surface area contributed by atoms with Gasteiger partial charge in [-0.2, -0.15) is 10.4 Å². The zero-order valence-electron chi connectivity index (χ0n) is 18.0. The van der Waals surface area contributed by atoms with Gasteiger partial charge in [-0.3, -0.25) is 4.79 Å². The second kappa shape index (κ2) is 10.4. The van der Waals surface area contributed by atoms with Crippen molar-refractivity contribution in [2.24, 2.45) is 11.0 Å². The van der Waals surface area contributed by atoms with Crippen LogP contribution in [-0.4, -0.2) is 43.1 Å². The standard InChI is InChI=1S/C21H27N3O6/c1-7-29-18(26)21(13-22,15-11-9-8-10-12-15)16(17(25)28-6)14(2)23-24-19(27)30-20(3,4)5/h8-12,16H,7H2,1-6H3,(H,24,27)/b23-14+. The van der Waals surface area contributed by atoms with E-state index in [9.17, 15) is 19.6 Å². The normalized spacial score (nSPS) is 14.5. The Bertz CT molecular complexity index is 839. The molecule has 0 aromatic heterocycles. The van der Waals surface area contributed by atoms with E-state index < -0.39 is 35.0 Å². The molecule has 30 heavy (non-hydrogen) atoms. The van der Waals surface area contributed by atoms with Crippen molar-refractivity contribution in [3.05, 3.63) is 35.9 Å². The second-order valence-electron chi connectivity index (χ2n) is 7.33. The molecule has 0 aliphatic heterocycles. The summed E-state index contributed by atoms with van der Waals surface area (Å²) in [6.07, 6.45) is -0.858. The maximum absolute atomic E-state index is 13.0. The highest BCUT2D eigenvalue weighted by Gasteiger charge is 2.55. The van der Waals surface area contributed by atoms with Gasteiger partial charge >= 0.3 is 18.0 Å². The van der Waals surface area contributed by atoms with Crippen LogP contribution in [0.4, 0.5) is 4.79 Å². The lowest BCUT2D eigenvalue weighted by Crippen LogP contribution is -2.50. The summed E-state index contributed by atoms with van der Waals surface area (Å²) in [6, 6.07) is 9.96. The first-order chi connectivity index (χ1) is 14.0. The Labute approximate surface area is 176 Å². The molecule has 0 radical (unpaired) electrons. The quantitative estimate of drug-likeness (QED) is 0.313. The third kappa shape index (κ3) is 5.80. The third-order valence-corrected chi connectivity index (χ3v) is 4.01. The lowest BCUT2D eigenvalue weighted by atomic mass is 9.69. The van der Waals surface area contributed by atoms with Crippen molar-refractivity contribution in [1.82, 2.24) is 5.43 Å². The van der Waals surface area contributed by atoms with E-state index in [0.717, 1.165) is 7.11 Å². The largest absolute Gasteiger partial charge is 0.468 e. The van der Waals surface area contributed by atoms with Crippen LogP contribution in [0, 0.1) is 17.2 Å². The van der Waals surface area contributed by atoms with Crippen LogP contribution in [0.5, 0.6) is 0 Å². The molecule has 1 aromatic rings. The molecule has 0 aliphatic rings. The molecule has 0 heterocycles. The highest BCUT2D eigenvalue weighted by Crippen LogP contribution is 2.36. The average molecular weight is 417 g/mol. The van der Waals surface area contributed by atoms with Gasteiger partial charge in [0, 0.05) is 0 Å². The van der Waals surface area contributed by atoms with E-state index >= 15 is 0 Å². The minimum Gasteiger partial charge on any atom is -0.468 e. The molecule has 1 rings (SSSR count). The Morgan fingerprint density at radius 2 is 1.80 bits per heavy atom. The number of hydrogen-bond donors (Lipinski definition) is 1. The number of hydrogen-bond acceptors (Lipinski definition) is 8. The lowest BCUT2D eigenvalue weighted by Gasteiger charge is -2.31. The number of methoxy groups -OCH3 is 1. The van der Waals surface area contributed by atoms with Gasteiger partial charge in [-0.05, 0) is 40.2 Å². The summed E-state index contributed by atoms with van der Waals surface area (Å²) >= 11 is 0. The predicted octanol–water partition coefficient (Wildman–Crippen LogP) is 2.70. The maximum atomic E-state index is 13.0. The van der Waals surface area contributed by atoms with E-state index in [1.54, 1.807) is 45.9 Å². The molecule has 2 atom stereocenters. The number of nitrogens with zero attached hydrogens (tertiary/aromatic N) is 2. The lowest BCUT2D eigenvalue weighted by molar-refractivity contribution is -0.156. The topological polar surface area (TPSA) is 127 Å². The molecular weight excluding hydrogens is 390 g/mol. The Hall–Kier alpha value is -3.41. The highest BCUT2D eigenvalue weighted by atomic mass is 16.6. The smallest absolute Gasteiger partial charge is 0.428 e.